The van der Waals surface area contributed by atoms with Crippen molar-refractivity contribution in [2.75, 3.05) is 11.9 Å². The van der Waals surface area contributed by atoms with Crippen molar-refractivity contribution in [2.24, 2.45) is 5.73 Å². The van der Waals surface area contributed by atoms with E-state index in [4.69, 9.17) is 10.5 Å². The van der Waals surface area contributed by atoms with E-state index < -0.39 is 29.1 Å². The fourth-order valence-electron chi connectivity index (χ4n) is 3.21. The Morgan fingerprint density at radius 2 is 1.74 bits per heavy atom. The average molecular weight is 504 g/mol. The summed E-state index contributed by atoms with van der Waals surface area (Å²) in [5.74, 6) is -1.77. The van der Waals surface area contributed by atoms with Crippen LogP contribution in [0.5, 0.6) is 0 Å². The van der Waals surface area contributed by atoms with Crippen LogP contribution in [0.4, 0.5) is 10.5 Å². The van der Waals surface area contributed by atoms with Crippen molar-refractivity contribution in [3.63, 3.8) is 0 Å². The Morgan fingerprint density at radius 3 is 2.35 bits per heavy atom. The van der Waals surface area contributed by atoms with E-state index in [1.807, 2.05) is 31.2 Å². The van der Waals surface area contributed by atoms with Gasteiger partial charge in [0.1, 0.15) is 5.25 Å². The van der Waals surface area contributed by atoms with Crippen LogP contribution in [0.3, 0.4) is 0 Å². The van der Waals surface area contributed by atoms with Gasteiger partial charge in [-0.2, -0.15) is 0 Å². The third-order valence-corrected chi connectivity index (χ3v) is 6.40. The normalized spacial score (nSPS) is 17.9. The van der Waals surface area contributed by atoms with E-state index in [1.165, 1.54) is 0 Å². The first-order chi connectivity index (χ1) is 14.8. The average Bonchev–Trinajstić information content (AvgIpc) is 3.08. The van der Waals surface area contributed by atoms with E-state index in [9.17, 15) is 14.4 Å². The van der Waals surface area contributed by atoms with E-state index in [0.29, 0.717) is 5.69 Å². The van der Waals surface area contributed by atoms with Gasteiger partial charge in [-0.3, -0.25) is 10.1 Å². The second kappa shape index (κ2) is 10.0. The Balaban J connectivity index is 1.81. The molecule has 1 aliphatic heterocycles. The molecule has 31 heavy (non-hydrogen) atoms. The summed E-state index contributed by atoms with van der Waals surface area (Å²) in [6.45, 7) is 3.82. The first-order valence-corrected chi connectivity index (χ1v) is 11.2. The van der Waals surface area contributed by atoms with Gasteiger partial charge in [-0.25, -0.2) is 9.59 Å². The third-order valence-electron chi connectivity index (χ3n) is 4.66. The summed E-state index contributed by atoms with van der Waals surface area (Å²) in [4.78, 5) is 37.9. The van der Waals surface area contributed by atoms with Crippen molar-refractivity contribution in [2.45, 2.75) is 25.0 Å². The molecule has 1 aliphatic rings. The molecule has 2 aromatic rings. The van der Waals surface area contributed by atoms with Crippen LogP contribution < -0.4 is 16.4 Å². The zero-order valence-electron chi connectivity index (χ0n) is 17.0. The topological polar surface area (TPSA) is 111 Å². The van der Waals surface area contributed by atoms with Crippen LogP contribution in [-0.4, -0.2) is 29.8 Å². The lowest BCUT2D eigenvalue weighted by atomic mass is 9.88. The van der Waals surface area contributed by atoms with Gasteiger partial charge in [0.15, 0.2) is 0 Å². The van der Waals surface area contributed by atoms with E-state index in [2.05, 4.69) is 26.6 Å². The maximum absolute atomic E-state index is 13.0. The molecule has 3 amide bonds. The fraction of sp³-hybridized carbons (Fsp3) is 0.227. The van der Waals surface area contributed by atoms with Crippen molar-refractivity contribution in [3.05, 3.63) is 74.7 Å². The van der Waals surface area contributed by atoms with Crippen molar-refractivity contribution < 1.29 is 19.1 Å². The molecule has 0 spiro atoms. The molecule has 0 aromatic heterocycles. The van der Waals surface area contributed by atoms with E-state index in [1.54, 1.807) is 31.2 Å². The number of anilines is 1. The van der Waals surface area contributed by atoms with Crippen LogP contribution in [0.15, 0.2) is 63.6 Å². The third kappa shape index (κ3) is 5.48. The summed E-state index contributed by atoms with van der Waals surface area (Å²) in [5.41, 5.74) is 8.68. The Kier molecular flexibility index (Phi) is 7.40. The van der Waals surface area contributed by atoms with Gasteiger partial charge in [0.25, 0.3) is 0 Å². The summed E-state index contributed by atoms with van der Waals surface area (Å²) in [7, 11) is 0. The number of imide groups is 1. The molecular formula is C22H22BrN3O4S. The molecule has 9 heteroatoms. The highest BCUT2D eigenvalue weighted by Crippen LogP contribution is 2.46. The van der Waals surface area contributed by atoms with Crippen LogP contribution in [0.2, 0.25) is 0 Å². The predicted molar refractivity (Wildman–Crippen MR) is 124 cm³/mol. The smallest absolute Gasteiger partial charge is 0.337 e. The van der Waals surface area contributed by atoms with Crippen LogP contribution in [0.25, 0.3) is 0 Å². The molecular weight excluding hydrogens is 482 g/mol. The van der Waals surface area contributed by atoms with Crippen LogP contribution in [0.1, 0.15) is 24.0 Å². The van der Waals surface area contributed by atoms with Gasteiger partial charge in [0.05, 0.1) is 17.2 Å². The largest absolute Gasteiger partial charge is 0.463 e. The zero-order chi connectivity index (χ0) is 22.5. The molecule has 0 bridgehead atoms. The fourth-order valence-corrected chi connectivity index (χ4v) is 4.68. The van der Waals surface area contributed by atoms with Gasteiger partial charge in [0.2, 0.25) is 5.91 Å². The lowest BCUT2D eigenvalue weighted by molar-refractivity contribution is -0.138. The van der Waals surface area contributed by atoms with Gasteiger partial charge in [0, 0.05) is 16.1 Å². The maximum Gasteiger partial charge on any atom is 0.337 e. The molecule has 7 nitrogen and oxygen atoms in total. The number of benzene rings is 2. The minimum Gasteiger partial charge on any atom is -0.463 e. The number of urea groups is 1. The second-order valence-electron chi connectivity index (χ2n) is 6.88. The quantitative estimate of drug-likeness (QED) is 0.531. The van der Waals surface area contributed by atoms with E-state index in [0.717, 1.165) is 27.4 Å². The Bertz CT molecular complexity index is 1020. The lowest BCUT2D eigenvalue weighted by Gasteiger charge is -2.21. The number of esters is 1. The predicted octanol–water partition coefficient (Wildman–Crippen LogP) is 4.04. The molecule has 1 heterocycles. The Hall–Kier alpha value is -2.78. The van der Waals surface area contributed by atoms with E-state index >= 15 is 0 Å². The molecule has 162 valence electrons. The van der Waals surface area contributed by atoms with Gasteiger partial charge in [-0.15, -0.1) is 0 Å². The number of halogens is 1. The minimum atomic E-state index is -0.802. The van der Waals surface area contributed by atoms with Gasteiger partial charge >= 0.3 is 12.0 Å². The molecule has 4 N–H and O–H groups in total. The summed E-state index contributed by atoms with van der Waals surface area (Å²) in [5, 5.41) is 4.39. The monoisotopic (exact) mass is 503 g/mol. The summed E-state index contributed by atoms with van der Waals surface area (Å²) in [6, 6.07) is 13.8. The number of nitrogens with one attached hydrogen (secondary N) is 2. The zero-order valence-corrected chi connectivity index (χ0v) is 19.4. The number of hydrogen-bond donors (Lipinski definition) is 3. The minimum absolute atomic E-state index is 0.184. The first-order valence-electron chi connectivity index (χ1n) is 9.57. The van der Waals surface area contributed by atoms with Gasteiger partial charge < -0.3 is 15.8 Å². The molecule has 2 aromatic carbocycles. The SMILES string of the molecule is CCOC(=O)C1=C(N)SC(C(=O)NC(=O)Nc2ccc(C)cc2)C1c1ccc(Br)cc1. The Morgan fingerprint density at radius 1 is 1.10 bits per heavy atom. The highest BCUT2D eigenvalue weighted by molar-refractivity contribution is 9.10. The van der Waals surface area contributed by atoms with Gasteiger partial charge in [-0.1, -0.05) is 57.5 Å². The van der Waals surface area contributed by atoms with Crippen LogP contribution in [0, 0.1) is 6.92 Å². The summed E-state index contributed by atoms with van der Waals surface area (Å²) < 4.78 is 6.02. The number of hydrogen-bond acceptors (Lipinski definition) is 6. The van der Waals surface area contributed by atoms with Crippen molar-refractivity contribution in [1.82, 2.24) is 5.32 Å². The lowest BCUT2D eigenvalue weighted by Crippen LogP contribution is -2.41. The maximum atomic E-state index is 13.0. The number of ether oxygens (including phenoxy) is 1. The molecule has 0 aliphatic carbocycles. The number of rotatable bonds is 5. The van der Waals surface area contributed by atoms with Crippen LogP contribution >= 0.6 is 27.7 Å². The highest BCUT2D eigenvalue weighted by Gasteiger charge is 2.44. The van der Waals surface area contributed by atoms with E-state index in [-0.39, 0.29) is 17.2 Å². The molecule has 2 unspecified atom stereocenters. The number of carbonyl (C=O) groups is 3. The first kappa shape index (κ1) is 22.9. The number of carbonyl (C=O) groups excluding carboxylic acids is 3. The van der Waals surface area contributed by atoms with Crippen molar-refractivity contribution >= 4 is 51.3 Å². The molecule has 3 rings (SSSR count). The van der Waals surface area contributed by atoms with Crippen molar-refractivity contribution in [1.29, 1.82) is 0 Å². The Labute approximate surface area is 192 Å². The number of nitrogens with two attached hydrogens (primary N) is 1. The number of thioether (sulfide) groups is 1. The second-order valence-corrected chi connectivity index (χ2v) is 8.97. The highest BCUT2D eigenvalue weighted by atomic mass is 79.9. The summed E-state index contributed by atoms with van der Waals surface area (Å²) in [6.07, 6.45) is 0. The molecule has 0 saturated carbocycles. The molecule has 0 radical (unpaired) electrons. The van der Waals surface area contributed by atoms with Crippen molar-refractivity contribution in [3.8, 4) is 0 Å². The standard InChI is InChI=1S/C22H22BrN3O4S/c1-3-30-21(28)17-16(13-6-8-14(23)9-7-13)18(31-19(17)24)20(27)26-22(29)25-15-10-4-12(2)5-11-15/h4-11,16,18H,3,24H2,1-2H3,(H2,25,26,27,29). The van der Waals surface area contributed by atoms with Gasteiger partial charge in [-0.05, 0) is 43.7 Å². The number of amides is 3. The van der Waals surface area contributed by atoms with Crippen LogP contribution in [-0.2, 0) is 14.3 Å². The number of aryl methyl sites for hydroxylation is 1. The molecule has 0 saturated heterocycles. The molecule has 0 fully saturated rings. The summed E-state index contributed by atoms with van der Waals surface area (Å²) >= 11 is 4.43. The molecule has 2 atom stereocenters.